The molecule has 2 N–H and O–H groups in total. The van der Waals surface area contributed by atoms with Crippen LogP contribution in [0.15, 0.2) is 48.5 Å². The Bertz CT molecular complexity index is 1210. The number of alkyl carbamates (subject to hydrolysis) is 1. The minimum Gasteiger partial charge on any atom is -0.493 e. The number of nitro groups is 1. The highest BCUT2D eigenvalue weighted by Gasteiger charge is 2.27. The van der Waals surface area contributed by atoms with Crippen LogP contribution in [0.5, 0.6) is 5.75 Å². The van der Waals surface area contributed by atoms with Gasteiger partial charge in [0.2, 0.25) is 11.8 Å². The average molecular weight is 557 g/mol. The van der Waals surface area contributed by atoms with Gasteiger partial charge in [0, 0.05) is 44.2 Å². The summed E-state index contributed by atoms with van der Waals surface area (Å²) in [6.45, 7) is 2.96. The van der Waals surface area contributed by atoms with E-state index in [0.717, 1.165) is 5.56 Å². The molecule has 1 heterocycles. The van der Waals surface area contributed by atoms with Gasteiger partial charge in [-0.3, -0.25) is 19.7 Å². The van der Waals surface area contributed by atoms with Gasteiger partial charge in [-0.15, -0.1) is 0 Å². The van der Waals surface area contributed by atoms with Crippen LogP contribution in [0.4, 0.5) is 10.5 Å². The molecule has 13 heteroatoms. The fourth-order valence-corrected chi connectivity index (χ4v) is 4.13. The summed E-state index contributed by atoms with van der Waals surface area (Å²) < 4.78 is 10.6. The highest BCUT2D eigenvalue weighted by atomic mass is 16.6. The van der Waals surface area contributed by atoms with Crippen LogP contribution in [0.2, 0.25) is 0 Å². The van der Waals surface area contributed by atoms with Gasteiger partial charge in [-0.1, -0.05) is 30.3 Å². The summed E-state index contributed by atoms with van der Waals surface area (Å²) in [5, 5.41) is 22.6. The van der Waals surface area contributed by atoms with E-state index in [1.54, 1.807) is 47.1 Å². The van der Waals surface area contributed by atoms with Crippen molar-refractivity contribution in [1.82, 2.24) is 15.1 Å². The van der Waals surface area contributed by atoms with Crippen LogP contribution in [0.3, 0.4) is 0 Å². The Morgan fingerprint density at radius 2 is 1.62 bits per heavy atom. The largest absolute Gasteiger partial charge is 0.493 e. The zero-order valence-electron chi connectivity index (χ0n) is 22.1. The molecule has 1 aliphatic rings. The van der Waals surface area contributed by atoms with Crippen LogP contribution in [-0.2, 0) is 25.7 Å². The van der Waals surface area contributed by atoms with Gasteiger partial charge in [0.05, 0.1) is 18.0 Å². The number of carboxylic acid groups (broad SMARTS) is 1. The summed E-state index contributed by atoms with van der Waals surface area (Å²) in [7, 11) is 0. The fraction of sp³-hybridized carbons (Fsp3) is 0.407. The Balaban J connectivity index is 1.36. The third-order valence-corrected chi connectivity index (χ3v) is 6.38. The van der Waals surface area contributed by atoms with Crippen LogP contribution in [-0.4, -0.2) is 82.5 Å². The standard InChI is InChI=1S/C27H32N4O9/c1-19-17-21(7-9-23(19)31(37)38)39-16-11-25(33)30-14-12-29(13-15-30)24(32)10-8-22(26(34)35)28-27(36)40-18-20-5-3-2-4-6-20/h2-7,9,17,22H,8,10-16,18H2,1H3,(H,28,36)(H,34,35)/t22-/m0/s1. The molecule has 1 aliphatic heterocycles. The number of aliphatic carboxylic acids is 1. The summed E-state index contributed by atoms with van der Waals surface area (Å²) >= 11 is 0. The number of ether oxygens (including phenoxy) is 2. The summed E-state index contributed by atoms with van der Waals surface area (Å²) in [6.07, 6.45) is -0.973. The lowest BCUT2D eigenvalue weighted by Crippen LogP contribution is -2.51. The number of hydrogen-bond acceptors (Lipinski definition) is 8. The molecule has 1 fully saturated rings. The van der Waals surface area contributed by atoms with E-state index >= 15 is 0 Å². The molecule has 0 bridgehead atoms. The molecule has 0 unspecified atom stereocenters. The van der Waals surface area contributed by atoms with E-state index in [-0.39, 0.29) is 50.0 Å². The first-order valence-electron chi connectivity index (χ1n) is 12.8. The third-order valence-electron chi connectivity index (χ3n) is 6.38. The molecule has 40 heavy (non-hydrogen) atoms. The fourth-order valence-electron chi connectivity index (χ4n) is 4.13. The van der Waals surface area contributed by atoms with E-state index in [1.807, 2.05) is 6.07 Å². The van der Waals surface area contributed by atoms with Crippen molar-refractivity contribution >= 4 is 29.6 Å². The quantitative estimate of drug-likeness (QED) is 0.295. The SMILES string of the molecule is Cc1cc(OCCC(=O)N2CCN(C(=O)CC[C@H](NC(=O)OCc3ccccc3)C(=O)O)CC2)ccc1[N+](=O)[O-]. The van der Waals surface area contributed by atoms with Crippen LogP contribution < -0.4 is 10.1 Å². The summed E-state index contributed by atoms with van der Waals surface area (Å²) in [4.78, 5) is 62.4. The van der Waals surface area contributed by atoms with Crippen molar-refractivity contribution < 1.29 is 38.7 Å². The van der Waals surface area contributed by atoms with Crippen molar-refractivity contribution in [3.63, 3.8) is 0 Å². The Kier molecular flexibility index (Phi) is 10.8. The van der Waals surface area contributed by atoms with E-state index < -0.39 is 23.0 Å². The van der Waals surface area contributed by atoms with E-state index in [4.69, 9.17) is 9.47 Å². The number of nitro benzene ring substituents is 1. The number of rotatable bonds is 12. The number of amides is 3. The van der Waals surface area contributed by atoms with Crippen molar-refractivity contribution in [2.75, 3.05) is 32.8 Å². The van der Waals surface area contributed by atoms with Crippen molar-refractivity contribution in [1.29, 1.82) is 0 Å². The number of aryl methyl sites for hydroxylation is 1. The Labute approximate surface area is 230 Å². The number of carboxylic acids is 1. The van der Waals surface area contributed by atoms with Crippen LogP contribution in [0.1, 0.15) is 30.4 Å². The van der Waals surface area contributed by atoms with Gasteiger partial charge < -0.3 is 29.7 Å². The molecular formula is C27H32N4O9. The number of carbonyl (C=O) groups excluding carboxylic acids is 3. The molecule has 0 aromatic heterocycles. The minimum atomic E-state index is -1.28. The van der Waals surface area contributed by atoms with E-state index in [0.29, 0.717) is 37.5 Å². The molecule has 0 aliphatic carbocycles. The zero-order valence-corrected chi connectivity index (χ0v) is 22.1. The summed E-state index contributed by atoms with van der Waals surface area (Å²) in [5.41, 5.74) is 1.21. The lowest BCUT2D eigenvalue weighted by atomic mass is 10.1. The van der Waals surface area contributed by atoms with Crippen molar-refractivity contribution in [2.24, 2.45) is 0 Å². The lowest BCUT2D eigenvalue weighted by molar-refractivity contribution is -0.385. The second-order valence-electron chi connectivity index (χ2n) is 9.20. The predicted molar refractivity (Wildman–Crippen MR) is 142 cm³/mol. The first kappa shape index (κ1) is 29.9. The number of nitrogens with one attached hydrogen (secondary N) is 1. The maximum atomic E-state index is 12.6. The molecule has 3 rings (SSSR count). The molecule has 13 nitrogen and oxygen atoms in total. The second-order valence-corrected chi connectivity index (χ2v) is 9.20. The highest BCUT2D eigenvalue weighted by Crippen LogP contribution is 2.23. The van der Waals surface area contributed by atoms with Crippen LogP contribution in [0, 0.1) is 17.0 Å². The smallest absolute Gasteiger partial charge is 0.408 e. The highest BCUT2D eigenvalue weighted by molar-refractivity contribution is 5.82. The second kappa shape index (κ2) is 14.5. The van der Waals surface area contributed by atoms with E-state index in [2.05, 4.69) is 5.32 Å². The molecule has 0 spiro atoms. The van der Waals surface area contributed by atoms with Crippen LogP contribution in [0.25, 0.3) is 0 Å². The van der Waals surface area contributed by atoms with Gasteiger partial charge in [-0.25, -0.2) is 9.59 Å². The summed E-state index contributed by atoms with van der Waals surface area (Å²) in [6, 6.07) is 12.0. The average Bonchev–Trinajstić information content (AvgIpc) is 2.94. The van der Waals surface area contributed by atoms with Gasteiger partial charge in [0.15, 0.2) is 0 Å². The number of hydrogen-bond donors (Lipinski definition) is 2. The molecule has 2 aromatic rings. The van der Waals surface area contributed by atoms with Crippen LogP contribution >= 0.6 is 0 Å². The normalized spacial score (nSPS) is 13.7. The Morgan fingerprint density at radius 1 is 1.00 bits per heavy atom. The Hall–Kier alpha value is -4.68. The molecule has 1 saturated heterocycles. The lowest BCUT2D eigenvalue weighted by Gasteiger charge is -2.35. The predicted octanol–water partition coefficient (Wildman–Crippen LogP) is 2.50. The zero-order chi connectivity index (χ0) is 29.1. The van der Waals surface area contributed by atoms with Gasteiger partial charge in [0.25, 0.3) is 5.69 Å². The van der Waals surface area contributed by atoms with Crippen molar-refractivity contribution in [2.45, 2.75) is 38.8 Å². The first-order valence-corrected chi connectivity index (χ1v) is 12.8. The summed E-state index contributed by atoms with van der Waals surface area (Å²) in [5.74, 6) is -1.25. The van der Waals surface area contributed by atoms with Gasteiger partial charge >= 0.3 is 12.1 Å². The minimum absolute atomic E-state index is 0.00747. The molecule has 0 saturated carbocycles. The molecular weight excluding hydrogens is 524 g/mol. The topological polar surface area (TPSA) is 169 Å². The third kappa shape index (κ3) is 8.96. The number of nitrogens with zero attached hydrogens (tertiary/aromatic N) is 3. The van der Waals surface area contributed by atoms with Gasteiger partial charge in [-0.05, 0) is 31.0 Å². The van der Waals surface area contributed by atoms with Crippen molar-refractivity contribution in [3.05, 3.63) is 69.8 Å². The monoisotopic (exact) mass is 556 g/mol. The molecule has 3 amide bonds. The van der Waals surface area contributed by atoms with Gasteiger partial charge in [-0.2, -0.15) is 0 Å². The number of piperazine rings is 1. The first-order chi connectivity index (χ1) is 19.1. The number of benzene rings is 2. The maximum absolute atomic E-state index is 12.6. The molecule has 2 aromatic carbocycles. The van der Waals surface area contributed by atoms with Crippen molar-refractivity contribution in [3.8, 4) is 5.75 Å². The Morgan fingerprint density at radius 3 is 2.20 bits per heavy atom. The maximum Gasteiger partial charge on any atom is 0.408 e. The molecule has 214 valence electrons. The van der Waals surface area contributed by atoms with E-state index in [9.17, 15) is 34.4 Å². The molecule has 1 atom stereocenters. The molecule has 0 radical (unpaired) electrons. The van der Waals surface area contributed by atoms with Gasteiger partial charge in [0.1, 0.15) is 18.4 Å². The van der Waals surface area contributed by atoms with E-state index in [1.165, 1.54) is 12.1 Å². The number of carbonyl (C=O) groups is 4.